The summed E-state index contributed by atoms with van der Waals surface area (Å²) in [7, 11) is -1.00. The van der Waals surface area contributed by atoms with Crippen LogP contribution in [0.25, 0.3) is 22.0 Å². The van der Waals surface area contributed by atoms with E-state index in [1.807, 2.05) is 18.2 Å². The number of nitrogens with zero attached hydrogens (tertiary/aromatic N) is 6. The van der Waals surface area contributed by atoms with Crippen LogP contribution in [0.3, 0.4) is 0 Å². The molecule has 0 radical (unpaired) electrons. The number of piperazine rings is 1. The number of hydrogen-bond donors (Lipinski definition) is 1. The van der Waals surface area contributed by atoms with Crippen molar-refractivity contribution < 1.29 is 22.7 Å². The Kier molecular flexibility index (Phi) is 8.14. The molecular formula is C28H28ClN7O5S. The Balaban J connectivity index is 1.43. The summed E-state index contributed by atoms with van der Waals surface area (Å²) in [4.78, 5) is 40.6. The Bertz CT molecular complexity index is 1810. The third-order valence-corrected chi connectivity index (χ3v) is 8.44. The number of sulfonamides is 1. The monoisotopic (exact) mass is 609 g/mol. The summed E-state index contributed by atoms with van der Waals surface area (Å²) in [6.45, 7) is 3.46. The van der Waals surface area contributed by atoms with Crippen molar-refractivity contribution in [3.05, 3.63) is 66.2 Å². The van der Waals surface area contributed by atoms with E-state index in [-0.39, 0.29) is 28.3 Å². The van der Waals surface area contributed by atoms with E-state index in [4.69, 9.17) is 16.3 Å². The molecule has 0 unspecified atom stereocenters. The molecule has 1 fully saturated rings. The van der Waals surface area contributed by atoms with Crippen LogP contribution in [0.15, 0.2) is 66.2 Å². The van der Waals surface area contributed by atoms with E-state index in [9.17, 15) is 18.0 Å². The number of nitrogens with one attached hydrogen (secondary N) is 1. The van der Waals surface area contributed by atoms with Gasteiger partial charge in [0.2, 0.25) is 11.8 Å². The zero-order valence-corrected chi connectivity index (χ0v) is 24.7. The molecule has 1 saturated heterocycles. The van der Waals surface area contributed by atoms with Crippen LogP contribution in [0, 0.1) is 0 Å². The molecule has 218 valence electrons. The van der Waals surface area contributed by atoms with Gasteiger partial charge in [-0.1, -0.05) is 17.7 Å². The highest BCUT2D eigenvalue weighted by Crippen LogP contribution is 2.33. The molecule has 1 amide bonds. The molecule has 12 nitrogen and oxygen atoms in total. The third kappa shape index (κ3) is 6.06. The molecule has 1 N–H and O–H groups in total. The summed E-state index contributed by atoms with van der Waals surface area (Å²) in [6.07, 6.45) is 7.17. The quantitative estimate of drug-likeness (QED) is 0.298. The first-order chi connectivity index (χ1) is 20.1. The second-order valence-electron chi connectivity index (χ2n) is 9.68. The fraction of sp³-hybridized carbons (Fsp3) is 0.250. The van der Waals surface area contributed by atoms with Gasteiger partial charge in [-0.25, -0.2) is 15.0 Å². The summed E-state index contributed by atoms with van der Waals surface area (Å²) >= 11 is 6.00. The largest absolute Gasteiger partial charge is 0.480 e. The molecule has 1 aliphatic heterocycles. The number of methoxy groups -OCH3 is 1. The Hall–Kier alpha value is -4.49. The fourth-order valence-electron chi connectivity index (χ4n) is 4.72. The average molecular weight is 610 g/mol. The number of anilines is 2. The summed E-state index contributed by atoms with van der Waals surface area (Å²) < 4.78 is 35.6. The highest BCUT2D eigenvalue weighted by atomic mass is 35.5. The van der Waals surface area contributed by atoms with Crippen molar-refractivity contribution >= 4 is 55.7 Å². The lowest BCUT2D eigenvalue weighted by Gasteiger charge is -2.35. The number of carbonyl (C=O) groups excluding carboxylic acids is 2. The minimum Gasteiger partial charge on any atom is -0.480 e. The first-order valence-electron chi connectivity index (χ1n) is 12.9. The molecule has 0 spiro atoms. The van der Waals surface area contributed by atoms with Gasteiger partial charge < -0.3 is 19.1 Å². The van der Waals surface area contributed by atoms with Crippen molar-refractivity contribution in [2.24, 2.45) is 7.05 Å². The number of pyridine rings is 1. The van der Waals surface area contributed by atoms with Gasteiger partial charge in [0.1, 0.15) is 17.8 Å². The van der Waals surface area contributed by atoms with Gasteiger partial charge in [-0.15, -0.1) is 0 Å². The van der Waals surface area contributed by atoms with E-state index >= 15 is 0 Å². The number of allylic oxidation sites excluding steroid dienone is 1. The van der Waals surface area contributed by atoms with Crippen molar-refractivity contribution in [2.75, 3.05) is 42.9 Å². The Morgan fingerprint density at radius 1 is 1.02 bits per heavy atom. The number of hydrogen-bond acceptors (Lipinski definition) is 9. The highest BCUT2D eigenvalue weighted by Gasteiger charge is 2.24. The molecular weight excluding hydrogens is 582 g/mol. The van der Waals surface area contributed by atoms with Crippen LogP contribution in [0.5, 0.6) is 5.88 Å². The molecule has 1 aromatic carbocycles. The summed E-state index contributed by atoms with van der Waals surface area (Å²) in [5.41, 5.74) is 2.30. The molecule has 4 aromatic rings. The Morgan fingerprint density at radius 2 is 1.79 bits per heavy atom. The SMILES string of the molecule is COc1ncc(-c2ccc3ncnc(N4CCN(C(=O)/C=C/C(C)=O)CC4)c3c2)cc1NS(=O)(=O)c1cc(Cl)cn1C. The number of ether oxygens (including phenoxy) is 1. The van der Waals surface area contributed by atoms with Crippen molar-refractivity contribution in [2.45, 2.75) is 11.9 Å². The van der Waals surface area contributed by atoms with Gasteiger partial charge in [0, 0.05) is 62.6 Å². The number of rotatable bonds is 8. The molecule has 0 atom stereocenters. The van der Waals surface area contributed by atoms with Crippen LogP contribution in [-0.4, -0.2) is 77.8 Å². The van der Waals surface area contributed by atoms with E-state index in [1.54, 1.807) is 24.2 Å². The molecule has 3 aromatic heterocycles. The van der Waals surface area contributed by atoms with Gasteiger partial charge in [-0.2, -0.15) is 8.42 Å². The zero-order chi connectivity index (χ0) is 30.0. The molecule has 1 aliphatic rings. The number of benzene rings is 1. The average Bonchev–Trinajstić information content (AvgIpc) is 3.33. The van der Waals surface area contributed by atoms with E-state index in [0.29, 0.717) is 36.8 Å². The van der Waals surface area contributed by atoms with Gasteiger partial charge in [0.05, 0.1) is 17.6 Å². The minimum absolute atomic E-state index is 0.0101. The van der Waals surface area contributed by atoms with Gasteiger partial charge in [-0.05, 0) is 42.8 Å². The smallest absolute Gasteiger partial charge is 0.277 e. The maximum atomic E-state index is 13.1. The topological polar surface area (TPSA) is 140 Å². The molecule has 0 aliphatic carbocycles. The highest BCUT2D eigenvalue weighted by molar-refractivity contribution is 7.92. The Morgan fingerprint density at radius 3 is 2.45 bits per heavy atom. The second kappa shape index (κ2) is 11.8. The van der Waals surface area contributed by atoms with Crippen LogP contribution in [0.1, 0.15) is 6.92 Å². The maximum absolute atomic E-state index is 13.1. The van der Waals surface area contributed by atoms with Crippen molar-refractivity contribution in [3.63, 3.8) is 0 Å². The van der Waals surface area contributed by atoms with Gasteiger partial charge in [-0.3, -0.25) is 14.3 Å². The first kappa shape index (κ1) is 29.0. The number of halogens is 1. The molecule has 42 heavy (non-hydrogen) atoms. The molecule has 14 heteroatoms. The number of ketones is 1. The van der Waals surface area contributed by atoms with Crippen LogP contribution < -0.4 is 14.4 Å². The lowest BCUT2D eigenvalue weighted by Crippen LogP contribution is -2.48. The standard InChI is InChI=1S/C28H28ClN7O5S/c1-18(37)4-7-25(38)35-8-10-36(11-9-35)27-22-12-19(5-6-23(22)31-17-32-27)20-13-24(28(41-3)30-15-20)33-42(39,40)26-14-21(29)16-34(26)2/h4-7,12-17,33H,8-11H2,1-3H3/b7-4+. The lowest BCUT2D eigenvalue weighted by molar-refractivity contribution is -0.126. The van der Waals surface area contributed by atoms with E-state index in [1.165, 1.54) is 49.3 Å². The number of aromatic nitrogens is 4. The Labute approximate surface area is 247 Å². The lowest BCUT2D eigenvalue weighted by atomic mass is 10.0. The number of fused-ring (bicyclic) bond motifs is 1. The second-order valence-corrected chi connectivity index (χ2v) is 11.7. The normalized spacial score (nSPS) is 14.0. The number of aryl methyl sites for hydroxylation is 1. The van der Waals surface area contributed by atoms with Gasteiger partial charge >= 0.3 is 0 Å². The van der Waals surface area contributed by atoms with E-state index in [2.05, 4.69) is 24.6 Å². The summed E-state index contributed by atoms with van der Waals surface area (Å²) in [6, 6.07) is 8.67. The van der Waals surface area contributed by atoms with Crippen molar-refractivity contribution in [3.8, 4) is 17.0 Å². The van der Waals surface area contributed by atoms with Crippen LogP contribution in [0.4, 0.5) is 11.5 Å². The fourth-order valence-corrected chi connectivity index (χ4v) is 6.29. The molecule has 0 bridgehead atoms. The van der Waals surface area contributed by atoms with Crippen molar-refractivity contribution in [1.29, 1.82) is 0 Å². The molecule has 5 rings (SSSR count). The van der Waals surface area contributed by atoms with Crippen LogP contribution in [-0.2, 0) is 26.7 Å². The minimum atomic E-state index is -4.00. The summed E-state index contributed by atoms with van der Waals surface area (Å²) in [5, 5.41) is 1.08. The predicted octanol–water partition coefficient (Wildman–Crippen LogP) is 3.29. The van der Waals surface area contributed by atoms with Gasteiger partial charge in [0.15, 0.2) is 10.8 Å². The van der Waals surface area contributed by atoms with E-state index in [0.717, 1.165) is 22.3 Å². The zero-order valence-electron chi connectivity index (χ0n) is 23.1. The van der Waals surface area contributed by atoms with Gasteiger partial charge in [0.25, 0.3) is 10.0 Å². The number of amides is 1. The molecule has 4 heterocycles. The van der Waals surface area contributed by atoms with Crippen LogP contribution in [0.2, 0.25) is 5.02 Å². The third-order valence-electron chi connectivity index (χ3n) is 6.79. The first-order valence-corrected chi connectivity index (χ1v) is 14.8. The maximum Gasteiger partial charge on any atom is 0.277 e. The van der Waals surface area contributed by atoms with Crippen LogP contribution >= 0.6 is 11.6 Å². The molecule has 0 saturated carbocycles. The van der Waals surface area contributed by atoms with Crippen molar-refractivity contribution in [1.82, 2.24) is 24.4 Å². The predicted molar refractivity (Wildman–Crippen MR) is 159 cm³/mol. The summed E-state index contributed by atoms with van der Waals surface area (Å²) in [5.74, 6) is 0.449. The number of carbonyl (C=O) groups is 2. The van der Waals surface area contributed by atoms with E-state index < -0.39 is 10.0 Å².